The summed E-state index contributed by atoms with van der Waals surface area (Å²) in [6.07, 6.45) is 2.13. The van der Waals surface area contributed by atoms with Gasteiger partial charge < -0.3 is 10.6 Å². The van der Waals surface area contributed by atoms with Crippen molar-refractivity contribution in [1.29, 1.82) is 0 Å². The predicted octanol–water partition coefficient (Wildman–Crippen LogP) is 4.54. The second-order valence-electron chi connectivity index (χ2n) is 6.56. The second kappa shape index (κ2) is 7.74. The van der Waals surface area contributed by atoms with Gasteiger partial charge in [-0.25, -0.2) is 4.98 Å². The maximum atomic E-state index is 13.1. The number of benzene rings is 2. The van der Waals surface area contributed by atoms with Crippen molar-refractivity contribution in [3.63, 3.8) is 0 Å². The molecule has 6 heteroatoms. The monoisotopic (exact) mass is 387 g/mol. The van der Waals surface area contributed by atoms with Crippen LogP contribution in [0.3, 0.4) is 0 Å². The van der Waals surface area contributed by atoms with Crippen LogP contribution >= 0.6 is 23.7 Å². The normalized spacial score (nSPS) is 14.7. The predicted molar refractivity (Wildman–Crippen MR) is 109 cm³/mol. The van der Waals surface area contributed by atoms with Crippen LogP contribution in [0.2, 0.25) is 0 Å². The minimum atomic E-state index is 0. The molecule has 1 amide bonds. The van der Waals surface area contributed by atoms with Crippen LogP contribution in [0.4, 0.5) is 0 Å². The molecule has 1 heterocycles. The van der Waals surface area contributed by atoms with Crippen LogP contribution in [0.5, 0.6) is 0 Å². The maximum absolute atomic E-state index is 13.1. The number of fused-ring (bicyclic) bond motifs is 1. The Morgan fingerprint density at radius 1 is 1.27 bits per heavy atom. The molecule has 1 aliphatic rings. The van der Waals surface area contributed by atoms with Crippen molar-refractivity contribution < 1.29 is 4.79 Å². The molecule has 1 fully saturated rings. The molecule has 1 atom stereocenters. The summed E-state index contributed by atoms with van der Waals surface area (Å²) in [4.78, 5) is 19.5. The lowest BCUT2D eigenvalue weighted by molar-refractivity contribution is 0.0668. The zero-order valence-electron chi connectivity index (χ0n) is 14.6. The van der Waals surface area contributed by atoms with Gasteiger partial charge in [0, 0.05) is 18.0 Å². The van der Waals surface area contributed by atoms with E-state index < -0.39 is 0 Å². The highest BCUT2D eigenvalue weighted by atomic mass is 35.5. The molecule has 136 valence electrons. The third kappa shape index (κ3) is 3.61. The Kier molecular flexibility index (Phi) is 5.61. The van der Waals surface area contributed by atoms with Crippen LogP contribution in [-0.2, 0) is 6.54 Å². The van der Waals surface area contributed by atoms with Gasteiger partial charge in [0.2, 0.25) is 0 Å². The topological polar surface area (TPSA) is 59.2 Å². The van der Waals surface area contributed by atoms with Gasteiger partial charge in [-0.3, -0.25) is 4.79 Å². The van der Waals surface area contributed by atoms with E-state index in [2.05, 4.69) is 42.2 Å². The van der Waals surface area contributed by atoms with Crippen molar-refractivity contribution in [2.75, 3.05) is 0 Å². The summed E-state index contributed by atoms with van der Waals surface area (Å²) in [6.45, 7) is 2.48. The third-order valence-electron chi connectivity index (χ3n) is 4.79. The Hall–Kier alpha value is -1.95. The molecule has 0 spiro atoms. The number of carbonyl (C=O) groups is 1. The summed E-state index contributed by atoms with van der Waals surface area (Å²) in [5.74, 6) is 0.0131. The quantitative estimate of drug-likeness (QED) is 0.699. The van der Waals surface area contributed by atoms with Crippen LogP contribution in [0, 0.1) is 0 Å². The lowest BCUT2D eigenvalue weighted by atomic mass is 10.0. The summed E-state index contributed by atoms with van der Waals surface area (Å²) in [5, 5.41) is 5.05. The number of rotatable bonds is 5. The van der Waals surface area contributed by atoms with Crippen LogP contribution in [0.15, 0.2) is 47.8 Å². The number of hydrogen-bond acceptors (Lipinski definition) is 4. The fourth-order valence-corrected chi connectivity index (χ4v) is 3.92. The molecule has 0 bridgehead atoms. The van der Waals surface area contributed by atoms with E-state index in [-0.39, 0.29) is 24.4 Å². The molecule has 26 heavy (non-hydrogen) atoms. The fourth-order valence-electron chi connectivity index (χ4n) is 3.27. The van der Waals surface area contributed by atoms with Gasteiger partial charge in [-0.2, -0.15) is 0 Å². The highest BCUT2D eigenvalue weighted by Crippen LogP contribution is 2.36. The summed E-state index contributed by atoms with van der Waals surface area (Å²) in [7, 11) is 0. The van der Waals surface area contributed by atoms with E-state index in [9.17, 15) is 4.79 Å². The molecule has 0 aliphatic heterocycles. The Labute approximate surface area is 163 Å². The van der Waals surface area contributed by atoms with Gasteiger partial charge >= 0.3 is 0 Å². The van der Waals surface area contributed by atoms with Crippen LogP contribution in [0.1, 0.15) is 46.9 Å². The molecule has 1 aliphatic carbocycles. The summed E-state index contributed by atoms with van der Waals surface area (Å²) < 4.78 is 0. The van der Waals surface area contributed by atoms with Crippen LogP contribution in [0.25, 0.3) is 10.8 Å². The zero-order valence-corrected chi connectivity index (χ0v) is 16.2. The van der Waals surface area contributed by atoms with Gasteiger partial charge in [-0.1, -0.05) is 36.4 Å². The molecule has 2 N–H and O–H groups in total. The number of halogens is 1. The minimum absolute atomic E-state index is 0. The number of nitrogens with zero attached hydrogens (tertiary/aromatic N) is 2. The molecular weight excluding hydrogens is 366 g/mol. The lowest BCUT2D eigenvalue weighted by Crippen LogP contribution is -2.35. The van der Waals surface area contributed by atoms with Crippen molar-refractivity contribution in [3.05, 3.63) is 64.1 Å². The van der Waals surface area contributed by atoms with Gasteiger partial charge in [-0.05, 0) is 42.2 Å². The number of amides is 1. The summed E-state index contributed by atoms with van der Waals surface area (Å²) >= 11 is 1.45. The summed E-state index contributed by atoms with van der Waals surface area (Å²) in [5.41, 5.74) is 7.32. The summed E-state index contributed by atoms with van der Waals surface area (Å²) in [6, 6.07) is 15.1. The van der Waals surface area contributed by atoms with Gasteiger partial charge in [0.05, 0.1) is 6.04 Å². The van der Waals surface area contributed by atoms with Gasteiger partial charge in [0.15, 0.2) is 0 Å². The van der Waals surface area contributed by atoms with E-state index in [1.807, 2.05) is 22.4 Å². The molecule has 1 unspecified atom stereocenters. The van der Waals surface area contributed by atoms with E-state index in [0.717, 1.165) is 23.4 Å². The Bertz CT molecular complexity index is 922. The van der Waals surface area contributed by atoms with E-state index in [4.69, 9.17) is 5.73 Å². The number of nitrogens with two attached hydrogens (primary N) is 1. The zero-order chi connectivity index (χ0) is 17.4. The van der Waals surface area contributed by atoms with Crippen LogP contribution in [-0.4, -0.2) is 21.8 Å². The number of carbonyl (C=O) groups excluding carboxylic acids is 1. The first-order chi connectivity index (χ1) is 12.2. The smallest absolute Gasteiger partial charge is 0.274 e. The van der Waals surface area contributed by atoms with E-state index in [1.54, 1.807) is 0 Å². The Morgan fingerprint density at radius 2 is 2.00 bits per heavy atom. The van der Waals surface area contributed by atoms with E-state index in [1.165, 1.54) is 22.1 Å². The molecule has 4 nitrogen and oxygen atoms in total. The minimum Gasteiger partial charge on any atom is -0.328 e. The first kappa shape index (κ1) is 18.8. The molecule has 1 aromatic heterocycles. The average Bonchev–Trinajstić information content (AvgIpc) is 3.36. The van der Waals surface area contributed by atoms with Gasteiger partial charge in [0.1, 0.15) is 10.7 Å². The van der Waals surface area contributed by atoms with Crippen molar-refractivity contribution in [2.24, 2.45) is 5.73 Å². The number of hydrogen-bond donors (Lipinski definition) is 1. The SMILES string of the molecule is CC(c1ccc2ccccc2c1)N(C(=O)c1csc(CN)n1)C1CC1.Cl. The molecule has 0 radical (unpaired) electrons. The Balaban J connectivity index is 0.00000196. The van der Waals surface area contributed by atoms with Crippen molar-refractivity contribution >= 4 is 40.4 Å². The van der Waals surface area contributed by atoms with Crippen molar-refractivity contribution in [3.8, 4) is 0 Å². The highest BCUT2D eigenvalue weighted by Gasteiger charge is 2.37. The largest absolute Gasteiger partial charge is 0.328 e. The van der Waals surface area contributed by atoms with Gasteiger partial charge in [-0.15, -0.1) is 23.7 Å². The molecule has 0 saturated heterocycles. The van der Waals surface area contributed by atoms with E-state index in [0.29, 0.717) is 18.3 Å². The molecular formula is C20H22ClN3OS. The van der Waals surface area contributed by atoms with Crippen molar-refractivity contribution in [1.82, 2.24) is 9.88 Å². The standard InChI is InChI=1S/C20H21N3OS.ClH/c1-13(15-7-6-14-4-2-3-5-16(14)10-15)23(17-8-9-17)20(24)18-12-25-19(11-21)22-18;/h2-7,10,12-13,17H,8-9,11,21H2,1H3;1H. The number of aromatic nitrogens is 1. The molecule has 2 aromatic carbocycles. The fraction of sp³-hybridized carbons (Fsp3) is 0.300. The van der Waals surface area contributed by atoms with E-state index >= 15 is 0 Å². The second-order valence-corrected chi connectivity index (χ2v) is 7.50. The third-order valence-corrected chi connectivity index (χ3v) is 5.66. The molecule has 3 aromatic rings. The number of thiazole rings is 1. The first-order valence-corrected chi connectivity index (χ1v) is 9.51. The highest BCUT2D eigenvalue weighted by molar-refractivity contribution is 7.09. The Morgan fingerprint density at radius 3 is 2.65 bits per heavy atom. The first-order valence-electron chi connectivity index (χ1n) is 8.63. The lowest BCUT2D eigenvalue weighted by Gasteiger charge is -2.29. The van der Waals surface area contributed by atoms with Gasteiger partial charge in [0.25, 0.3) is 5.91 Å². The molecule has 4 rings (SSSR count). The molecule has 1 saturated carbocycles. The average molecular weight is 388 g/mol. The van der Waals surface area contributed by atoms with Crippen molar-refractivity contribution in [2.45, 2.75) is 38.4 Å². The van der Waals surface area contributed by atoms with Crippen LogP contribution < -0.4 is 5.73 Å². The maximum Gasteiger partial charge on any atom is 0.274 e.